The highest BCUT2D eigenvalue weighted by atomic mass is 35.5. The summed E-state index contributed by atoms with van der Waals surface area (Å²) in [6, 6.07) is 8.15. The molecule has 1 saturated heterocycles. The van der Waals surface area contributed by atoms with Gasteiger partial charge in [0.25, 0.3) is 0 Å². The third-order valence-corrected chi connectivity index (χ3v) is 4.96. The Morgan fingerprint density at radius 2 is 2.00 bits per heavy atom. The zero-order valence-electron chi connectivity index (χ0n) is 13.3. The second-order valence-corrected chi connectivity index (χ2v) is 6.41. The molecule has 4 atom stereocenters. The minimum absolute atomic E-state index is 0. The Morgan fingerprint density at radius 1 is 1.32 bits per heavy atom. The summed E-state index contributed by atoms with van der Waals surface area (Å²) in [5.41, 5.74) is 1.24. The van der Waals surface area contributed by atoms with E-state index >= 15 is 0 Å². The van der Waals surface area contributed by atoms with Crippen LogP contribution in [0.5, 0.6) is 5.75 Å². The molecule has 1 amide bonds. The quantitative estimate of drug-likeness (QED) is 0.893. The van der Waals surface area contributed by atoms with Gasteiger partial charge in [-0.1, -0.05) is 32.0 Å². The zero-order chi connectivity index (χ0) is 15.0. The lowest BCUT2D eigenvalue weighted by molar-refractivity contribution is -0.128. The summed E-state index contributed by atoms with van der Waals surface area (Å²) in [5, 5.41) is 6.36. The average Bonchev–Trinajstić information content (AvgIpc) is 2.75. The first-order valence-electron chi connectivity index (χ1n) is 7.84. The molecule has 22 heavy (non-hydrogen) atoms. The number of benzene rings is 1. The summed E-state index contributed by atoms with van der Waals surface area (Å²) < 4.78 is 6.04. The van der Waals surface area contributed by atoms with Crippen LogP contribution < -0.4 is 15.4 Å². The van der Waals surface area contributed by atoms with Crippen molar-refractivity contribution < 1.29 is 9.53 Å². The van der Waals surface area contributed by atoms with Crippen molar-refractivity contribution in [1.82, 2.24) is 10.6 Å². The van der Waals surface area contributed by atoms with Crippen molar-refractivity contribution in [2.45, 2.75) is 38.8 Å². The molecule has 0 bridgehead atoms. The molecule has 2 N–H and O–H groups in total. The monoisotopic (exact) mass is 324 g/mol. The van der Waals surface area contributed by atoms with Crippen molar-refractivity contribution in [2.75, 3.05) is 13.1 Å². The number of nitrogens with one attached hydrogen (secondary N) is 2. The molecule has 4 unspecified atom stereocenters. The van der Waals surface area contributed by atoms with Gasteiger partial charge in [-0.25, -0.2) is 0 Å². The average molecular weight is 325 g/mol. The van der Waals surface area contributed by atoms with E-state index in [4.69, 9.17) is 4.74 Å². The first kappa shape index (κ1) is 17.1. The van der Waals surface area contributed by atoms with Crippen LogP contribution in [0.2, 0.25) is 0 Å². The smallest absolute Gasteiger partial charge is 0.223 e. The molecular weight excluding hydrogens is 300 g/mol. The van der Waals surface area contributed by atoms with Crippen LogP contribution in [0.3, 0.4) is 0 Å². The van der Waals surface area contributed by atoms with Gasteiger partial charge in [-0.05, 0) is 32.0 Å². The van der Waals surface area contributed by atoms with Crippen molar-refractivity contribution >= 4 is 18.3 Å². The van der Waals surface area contributed by atoms with E-state index in [1.54, 1.807) is 0 Å². The van der Waals surface area contributed by atoms with Crippen LogP contribution in [-0.2, 0) is 4.79 Å². The highest BCUT2D eigenvalue weighted by molar-refractivity contribution is 5.85. The minimum Gasteiger partial charge on any atom is -0.487 e. The SMILES string of the molecule is CC(NC(=O)C(C)C1CNC1)C1Oc2ccccc2C1C.Cl. The summed E-state index contributed by atoms with van der Waals surface area (Å²) in [6.07, 6.45) is 0.0121. The van der Waals surface area contributed by atoms with Crippen LogP contribution in [0, 0.1) is 11.8 Å². The van der Waals surface area contributed by atoms with Crippen molar-refractivity contribution in [1.29, 1.82) is 0 Å². The third kappa shape index (κ3) is 3.08. The molecule has 1 aromatic rings. The lowest BCUT2D eigenvalue weighted by Crippen LogP contribution is -2.52. The number of hydrogen-bond acceptors (Lipinski definition) is 3. The van der Waals surface area contributed by atoms with Crippen LogP contribution in [0.4, 0.5) is 0 Å². The maximum Gasteiger partial charge on any atom is 0.223 e. The summed E-state index contributed by atoms with van der Waals surface area (Å²) in [5.74, 6) is 1.93. The number of rotatable bonds is 4. The standard InChI is InChI=1S/C17H24N2O2.ClH/c1-10(13-8-18-9-13)17(20)19-12(3)16-11(2)14-6-4-5-7-15(14)21-16;/h4-7,10-13,16,18H,8-9H2,1-3H3,(H,19,20);1H. The largest absolute Gasteiger partial charge is 0.487 e. The minimum atomic E-state index is 0. The van der Waals surface area contributed by atoms with E-state index in [2.05, 4.69) is 23.6 Å². The number of hydrogen-bond donors (Lipinski definition) is 2. The fraction of sp³-hybridized carbons (Fsp3) is 0.588. The van der Waals surface area contributed by atoms with Gasteiger partial charge in [0.05, 0.1) is 6.04 Å². The topological polar surface area (TPSA) is 50.4 Å². The summed E-state index contributed by atoms with van der Waals surface area (Å²) in [4.78, 5) is 12.3. The molecule has 0 aromatic heterocycles. The number of amides is 1. The van der Waals surface area contributed by atoms with Crippen LogP contribution in [0.1, 0.15) is 32.3 Å². The van der Waals surface area contributed by atoms with E-state index in [-0.39, 0.29) is 36.4 Å². The van der Waals surface area contributed by atoms with Crippen molar-refractivity contribution in [3.8, 4) is 5.75 Å². The molecule has 0 spiro atoms. The van der Waals surface area contributed by atoms with Crippen LogP contribution >= 0.6 is 12.4 Å². The highest BCUT2D eigenvalue weighted by Crippen LogP contribution is 2.38. The predicted molar refractivity (Wildman–Crippen MR) is 89.6 cm³/mol. The second kappa shape index (κ2) is 6.88. The molecule has 5 heteroatoms. The molecule has 2 heterocycles. The Morgan fingerprint density at radius 3 is 2.59 bits per heavy atom. The maximum atomic E-state index is 12.3. The van der Waals surface area contributed by atoms with E-state index in [1.165, 1.54) is 5.56 Å². The third-order valence-electron chi connectivity index (χ3n) is 4.96. The van der Waals surface area contributed by atoms with Gasteiger partial charge in [0, 0.05) is 17.4 Å². The van der Waals surface area contributed by atoms with Gasteiger partial charge in [0.2, 0.25) is 5.91 Å². The van der Waals surface area contributed by atoms with Crippen LogP contribution in [-0.4, -0.2) is 31.1 Å². The van der Waals surface area contributed by atoms with Crippen molar-refractivity contribution in [2.24, 2.45) is 11.8 Å². The normalized spacial score (nSPS) is 26.0. The molecule has 4 nitrogen and oxygen atoms in total. The molecule has 0 saturated carbocycles. The molecule has 2 aliphatic rings. The fourth-order valence-electron chi connectivity index (χ4n) is 3.24. The fourth-order valence-corrected chi connectivity index (χ4v) is 3.24. The maximum absolute atomic E-state index is 12.3. The molecule has 1 aromatic carbocycles. The number of halogens is 1. The Hall–Kier alpha value is -1.26. The molecule has 0 radical (unpaired) electrons. The first-order chi connectivity index (χ1) is 10.1. The molecular formula is C17H25ClN2O2. The van der Waals surface area contributed by atoms with Gasteiger partial charge in [-0.3, -0.25) is 4.79 Å². The molecule has 0 aliphatic carbocycles. The number of para-hydroxylation sites is 1. The Balaban J connectivity index is 0.00000176. The molecule has 2 aliphatic heterocycles. The lowest BCUT2D eigenvalue weighted by atomic mass is 9.87. The Bertz CT molecular complexity index is 533. The van der Waals surface area contributed by atoms with E-state index in [1.807, 2.05) is 32.0 Å². The summed E-state index contributed by atoms with van der Waals surface area (Å²) >= 11 is 0. The molecule has 3 rings (SSSR count). The molecule has 122 valence electrons. The van der Waals surface area contributed by atoms with Gasteiger partial charge in [0.1, 0.15) is 11.9 Å². The van der Waals surface area contributed by atoms with Crippen LogP contribution in [0.25, 0.3) is 0 Å². The predicted octanol–water partition coefficient (Wildman–Crippen LogP) is 2.33. The number of fused-ring (bicyclic) bond motifs is 1. The Labute approximate surface area is 138 Å². The van der Waals surface area contributed by atoms with Crippen molar-refractivity contribution in [3.05, 3.63) is 29.8 Å². The summed E-state index contributed by atoms with van der Waals surface area (Å²) in [7, 11) is 0. The van der Waals surface area contributed by atoms with E-state index < -0.39 is 0 Å². The van der Waals surface area contributed by atoms with Gasteiger partial charge < -0.3 is 15.4 Å². The van der Waals surface area contributed by atoms with Gasteiger partial charge >= 0.3 is 0 Å². The van der Waals surface area contributed by atoms with E-state index in [0.717, 1.165) is 18.8 Å². The van der Waals surface area contributed by atoms with Crippen molar-refractivity contribution in [3.63, 3.8) is 0 Å². The molecule has 1 fully saturated rings. The first-order valence-corrected chi connectivity index (χ1v) is 7.84. The number of ether oxygens (including phenoxy) is 1. The summed E-state index contributed by atoms with van der Waals surface area (Å²) in [6.45, 7) is 8.12. The Kier molecular flexibility index (Phi) is 5.35. The number of carbonyl (C=O) groups is 1. The number of carbonyl (C=O) groups excluding carboxylic acids is 1. The zero-order valence-corrected chi connectivity index (χ0v) is 14.2. The van der Waals surface area contributed by atoms with Gasteiger partial charge in [-0.15, -0.1) is 12.4 Å². The van der Waals surface area contributed by atoms with Gasteiger partial charge in [0.15, 0.2) is 0 Å². The second-order valence-electron chi connectivity index (χ2n) is 6.41. The highest BCUT2D eigenvalue weighted by Gasteiger charge is 2.36. The van der Waals surface area contributed by atoms with E-state index in [0.29, 0.717) is 11.8 Å². The van der Waals surface area contributed by atoms with Gasteiger partial charge in [-0.2, -0.15) is 0 Å². The van der Waals surface area contributed by atoms with E-state index in [9.17, 15) is 4.79 Å². The van der Waals surface area contributed by atoms with Crippen LogP contribution in [0.15, 0.2) is 24.3 Å². The lowest BCUT2D eigenvalue weighted by Gasteiger charge is -2.33.